The Labute approximate surface area is 137 Å². The Kier molecular flexibility index (Phi) is 3.79. The van der Waals surface area contributed by atoms with E-state index in [4.69, 9.17) is 9.47 Å². The molecule has 2 aromatic rings. The number of Topliss-reactive ketones (excluding diaryl/α,β-unsaturated/α-hetero) is 1. The zero-order valence-electron chi connectivity index (χ0n) is 12.6. The quantitative estimate of drug-likeness (QED) is 0.817. The molecule has 0 heterocycles. The summed E-state index contributed by atoms with van der Waals surface area (Å²) in [4.78, 5) is 12.4. The monoisotopic (exact) mass is 358 g/mol. The van der Waals surface area contributed by atoms with E-state index in [1.165, 1.54) is 0 Å². The highest BCUT2D eigenvalue weighted by Crippen LogP contribution is 2.42. The molecule has 4 heteroatoms. The third-order valence-corrected chi connectivity index (χ3v) is 4.54. The third-order valence-electron chi connectivity index (χ3n) is 3.78. The van der Waals surface area contributed by atoms with E-state index in [0.717, 1.165) is 27.8 Å². The number of ether oxygens (including phenoxy) is 2. The summed E-state index contributed by atoms with van der Waals surface area (Å²) in [6.07, 6.45) is 0. The number of aryl methyl sites for hydroxylation is 1. The number of rotatable bonds is 3. The molecule has 3 rings (SSSR count). The van der Waals surface area contributed by atoms with Crippen LogP contribution in [-0.4, -0.2) is 20.0 Å². The smallest absolute Gasteiger partial charge is 0.201 e. The topological polar surface area (TPSA) is 35.5 Å². The molecule has 1 aliphatic rings. The van der Waals surface area contributed by atoms with Gasteiger partial charge in [-0.15, -0.1) is 0 Å². The van der Waals surface area contributed by atoms with Gasteiger partial charge in [-0.2, -0.15) is 0 Å². The summed E-state index contributed by atoms with van der Waals surface area (Å²) < 4.78 is 11.2. The summed E-state index contributed by atoms with van der Waals surface area (Å²) in [6.45, 7) is 2.02. The van der Waals surface area contributed by atoms with Crippen molar-refractivity contribution in [1.29, 1.82) is 0 Å². The third kappa shape index (κ3) is 2.24. The zero-order valence-corrected chi connectivity index (χ0v) is 14.2. The van der Waals surface area contributed by atoms with Gasteiger partial charge in [0.1, 0.15) is 0 Å². The van der Waals surface area contributed by atoms with Gasteiger partial charge in [0.2, 0.25) is 5.78 Å². The summed E-state index contributed by atoms with van der Waals surface area (Å²) in [5, 5.41) is 0. The normalized spacial score (nSPS) is 13.4. The molecule has 0 aliphatic heterocycles. The molecule has 2 aromatic carbocycles. The van der Waals surface area contributed by atoms with Crippen LogP contribution in [0.1, 0.15) is 27.0 Å². The van der Waals surface area contributed by atoms with E-state index in [2.05, 4.69) is 15.9 Å². The minimum atomic E-state index is 0.0137. The summed E-state index contributed by atoms with van der Waals surface area (Å²) in [5.41, 5.74) is 4.60. The highest BCUT2D eigenvalue weighted by molar-refractivity contribution is 9.12. The molecule has 0 unspecified atom stereocenters. The van der Waals surface area contributed by atoms with E-state index >= 15 is 0 Å². The van der Waals surface area contributed by atoms with Gasteiger partial charge in [0.15, 0.2) is 11.5 Å². The van der Waals surface area contributed by atoms with E-state index < -0.39 is 0 Å². The van der Waals surface area contributed by atoms with Crippen LogP contribution in [0.25, 0.3) is 5.57 Å². The number of fused-ring (bicyclic) bond motifs is 1. The molecule has 0 saturated heterocycles. The van der Waals surface area contributed by atoms with Crippen molar-refractivity contribution in [2.75, 3.05) is 14.2 Å². The summed E-state index contributed by atoms with van der Waals surface area (Å²) in [7, 11) is 3.20. The molecule has 0 spiro atoms. The van der Waals surface area contributed by atoms with E-state index in [1.54, 1.807) is 14.2 Å². The number of hydrogen-bond donors (Lipinski definition) is 0. The number of hydrogen-bond acceptors (Lipinski definition) is 3. The maximum absolute atomic E-state index is 12.4. The van der Waals surface area contributed by atoms with Gasteiger partial charge in [-0.05, 0) is 46.1 Å². The molecule has 0 atom stereocenters. The number of halogens is 1. The first-order valence-electron chi connectivity index (χ1n) is 6.84. The molecule has 112 valence electrons. The van der Waals surface area contributed by atoms with Crippen LogP contribution in [0, 0.1) is 6.92 Å². The van der Waals surface area contributed by atoms with Crippen LogP contribution in [-0.2, 0) is 0 Å². The van der Waals surface area contributed by atoms with Crippen LogP contribution >= 0.6 is 15.9 Å². The molecule has 0 aromatic heterocycles. The highest BCUT2D eigenvalue weighted by atomic mass is 79.9. The van der Waals surface area contributed by atoms with Gasteiger partial charge >= 0.3 is 0 Å². The first-order chi connectivity index (χ1) is 10.6. The van der Waals surface area contributed by atoms with Crippen molar-refractivity contribution in [2.24, 2.45) is 0 Å². The summed E-state index contributed by atoms with van der Waals surface area (Å²) in [6, 6.07) is 11.5. The highest BCUT2D eigenvalue weighted by Gasteiger charge is 2.29. The van der Waals surface area contributed by atoms with Crippen molar-refractivity contribution >= 4 is 27.3 Å². The van der Waals surface area contributed by atoms with E-state index in [1.807, 2.05) is 43.3 Å². The fraction of sp³-hybridized carbons (Fsp3) is 0.167. The summed E-state index contributed by atoms with van der Waals surface area (Å²) >= 11 is 3.45. The Morgan fingerprint density at radius 3 is 2.32 bits per heavy atom. The van der Waals surface area contributed by atoms with Crippen LogP contribution in [0.5, 0.6) is 11.5 Å². The average molecular weight is 359 g/mol. The van der Waals surface area contributed by atoms with Crippen molar-refractivity contribution in [1.82, 2.24) is 0 Å². The van der Waals surface area contributed by atoms with Gasteiger partial charge in [0.25, 0.3) is 0 Å². The zero-order chi connectivity index (χ0) is 15.9. The average Bonchev–Trinajstić information content (AvgIpc) is 2.77. The van der Waals surface area contributed by atoms with Gasteiger partial charge in [0, 0.05) is 11.1 Å². The lowest BCUT2D eigenvalue weighted by atomic mass is 9.97. The number of carbonyl (C=O) groups is 1. The first-order valence-corrected chi connectivity index (χ1v) is 7.64. The van der Waals surface area contributed by atoms with Gasteiger partial charge < -0.3 is 9.47 Å². The number of allylic oxidation sites excluding steroid dienone is 1. The second-order valence-corrected chi connectivity index (χ2v) is 5.93. The lowest BCUT2D eigenvalue weighted by Gasteiger charge is -2.11. The molecular weight excluding hydrogens is 344 g/mol. The second-order valence-electron chi connectivity index (χ2n) is 5.14. The lowest BCUT2D eigenvalue weighted by molar-refractivity contribution is 0.104. The van der Waals surface area contributed by atoms with Gasteiger partial charge in [-0.3, -0.25) is 4.79 Å². The molecule has 0 N–H and O–H groups in total. The van der Waals surface area contributed by atoms with Crippen LogP contribution in [0.2, 0.25) is 0 Å². The van der Waals surface area contributed by atoms with E-state index in [-0.39, 0.29) is 5.78 Å². The second kappa shape index (κ2) is 5.61. The van der Waals surface area contributed by atoms with Crippen LogP contribution in [0.15, 0.2) is 40.9 Å². The number of methoxy groups -OCH3 is 2. The predicted molar refractivity (Wildman–Crippen MR) is 90.0 cm³/mol. The first kappa shape index (κ1) is 14.9. The molecule has 0 bridgehead atoms. The molecule has 3 nitrogen and oxygen atoms in total. The number of carbonyl (C=O) groups excluding carboxylic acids is 1. The number of benzene rings is 2. The SMILES string of the molecule is COc1ccc(C2=C(Br)C(=O)c3ccc(C)cc32)cc1OC. The Morgan fingerprint density at radius 1 is 0.909 bits per heavy atom. The molecule has 0 saturated carbocycles. The molecule has 22 heavy (non-hydrogen) atoms. The van der Waals surface area contributed by atoms with Crippen molar-refractivity contribution < 1.29 is 14.3 Å². The lowest BCUT2D eigenvalue weighted by Crippen LogP contribution is -1.94. The van der Waals surface area contributed by atoms with Crippen molar-refractivity contribution in [2.45, 2.75) is 6.92 Å². The summed E-state index contributed by atoms with van der Waals surface area (Å²) in [5.74, 6) is 1.32. The maximum Gasteiger partial charge on any atom is 0.201 e. The molecule has 0 fully saturated rings. The van der Waals surface area contributed by atoms with Crippen molar-refractivity contribution in [3.63, 3.8) is 0 Å². The Hall–Kier alpha value is -2.07. The standard InChI is InChI=1S/C18H15BrO3/c1-10-4-6-12-13(8-10)16(17(19)18(12)20)11-5-7-14(21-2)15(9-11)22-3/h4-9H,1-3H3. The van der Waals surface area contributed by atoms with E-state index in [0.29, 0.717) is 16.0 Å². The Balaban J connectivity index is 2.21. The molecule has 0 radical (unpaired) electrons. The van der Waals surface area contributed by atoms with Crippen LogP contribution in [0.3, 0.4) is 0 Å². The fourth-order valence-corrected chi connectivity index (χ4v) is 3.34. The van der Waals surface area contributed by atoms with Gasteiger partial charge in [-0.1, -0.05) is 29.8 Å². The van der Waals surface area contributed by atoms with Gasteiger partial charge in [-0.25, -0.2) is 0 Å². The van der Waals surface area contributed by atoms with Crippen molar-refractivity contribution in [3.8, 4) is 11.5 Å². The minimum Gasteiger partial charge on any atom is -0.493 e. The molecular formula is C18H15BrO3. The Morgan fingerprint density at radius 2 is 1.64 bits per heavy atom. The largest absolute Gasteiger partial charge is 0.493 e. The maximum atomic E-state index is 12.4. The minimum absolute atomic E-state index is 0.0137. The predicted octanol–water partition coefficient (Wildman–Crippen LogP) is 4.36. The fourth-order valence-electron chi connectivity index (χ4n) is 2.69. The van der Waals surface area contributed by atoms with Gasteiger partial charge in [0.05, 0.1) is 18.7 Å². The number of ketones is 1. The van der Waals surface area contributed by atoms with E-state index in [9.17, 15) is 4.79 Å². The molecule has 1 aliphatic carbocycles. The molecule has 0 amide bonds. The Bertz CT molecular complexity index is 806. The van der Waals surface area contributed by atoms with Crippen molar-refractivity contribution in [3.05, 3.63) is 63.1 Å². The van der Waals surface area contributed by atoms with Crippen LogP contribution in [0.4, 0.5) is 0 Å². The van der Waals surface area contributed by atoms with Crippen LogP contribution < -0.4 is 9.47 Å².